The summed E-state index contributed by atoms with van der Waals surface area (Å²) in [6, 6.07) is 13.6. The van der Waals surface area contributed by atoms with E-state index in [1.54, 1.807) is 12.1 Å². The topological polar surface area (TPSA) is 66.5 Å². The molecule has 5 nitrogen and oxygen atoms in total. The standard InChI is InChI=1S/C18H20N2O3S/c1-14-5-4-6-16(13-14)19-18(21)15-7-9-17(10-8-15)24(22,23)20-11-2-3-12-20/h4-10,13H,2-3,11-12H2,1H3,(H,19,21). The normalized spacial score (nSPS) is 15.4. The molecule has 1 fully saturated rings. The monoisotopic (exact) mass is 344 g/mol. The molecule has 0 aliphatic carbocycles. The molecule has 0 unspecified atom stereocenters. The van der Waals surface area contributed by atoms with E-state index in [-0.39, 0.29) is 10.8 Å². The van der Waals surface area contributed by atoms with Gasteiger partial charge in [-0.25, -0.2) is 8.42 Å². The molecule has 0 spiro atoms. The molecule has 0 saturated carbocycles. The van der Waals surface area contributed by atoms with Crippen molar-refractivity contribution < 1.29 is 13.2 Å². The summed E-state index contributed by atoms with van der Waals surface area (Å²) in [6.07, 6.45) is 1.80. The fourth-order valence-electron chi connectivity index (χ4n) is 2.78. The van der Waals surface area contributed by atoms with Gasteiger partial charge >= 0.3 is 0 Å². The van der Waals surface area contributed by atoms with Crippen LogP contribution in [0.5, 0.6) is 0 Å². The molecule has 24 heavy (non-hydrogen) atoms. The van der Waals surface area contributed by atoms with Gasteiger partial charge in [0, 0.05) is 24.3 Å². The lowest BCUT2D eigenvalue weighted by Crippen LogP contribution is -2.27. The minimum Gasteiger partial charge on any atom is -0.322 e. The number of hydrogen-bond donors (Lipinski definition) is 1. The summed E-state index contributed by atoms with van der Waals surface area (Å²) in [4.78, 5) is 12.5. The number of carbonyl (C=O) groups excluding carboxylic acids is 1. The van der Waals surface area contributed by atoms with E-state index in [0.717, 1.165) is 18.4 Å². The maximum atomic E-state index is 12.5. The highest BCUT2D eigenvalue weighted by Gasteiger charge is 2.27. The second kappa shape index (κ2) is 6.75. The lowest BCUT2D eigenvalue weighted by Gasteiger charge is -2.15. The summed E-state index contributed by atoms with van der Waals surface area (Å²) in [7, 11) is -3.44. The van der Waals surface area contributed by atoms with Gasteiger partial charge < -0.3 is 5.32 Å². The van der Waals surface area contributed by atoms with Crippen LogP contribution >= 0.6 is 0 Å². The fourth-order valence-corrected chi connectivity index (χ4v) is 4.30. The number of benzene rings is 2. The van der Waals surface area contributed by atoms with Crippen molar-refractivity contribution in [3.8, 4) is 0 Å². The number of sulfonamides is 1. The van der Waals surface area contributed by atoms with Crippen LogP contribution < -0.4 is 5.32 Å². The number of aryl methyl sites for hydroxylation is 1. The Hall–Kier alpha value is -2.18. The summed E-state index contributed by atoms with van der Waals surface area (Å²) in [6.45, 7) is 3.09. The average Bonchev–Trinajstić information content (AvgIpc) is 3.10. The molecule has 2 aromatic rings. The van der Waals surface area contributed by atoms with Crippen molar-refractivity contribution in [1.29, 1.82) is 0 Å². The van der Waals surface area contributed by atoms with E-state index in [1.165, 1.54) is 16.4 Å². The second-order valence-electron chi connectivity index (χ2n) is 5.96. The van der Waals surface area contributed by atoms with Gasteiger partial charge in [0.1, 0.15) is 0 Å². The highest BCUT2D eigenvalue weighted by atomic mass is 32.2. The van der Waals surface area contributed by atoms with Crippen molar-refractivity contribution in [1.82, 2.24) is 4.31 Å². The first-order valence-electron chi connectivity index (χ1n) is 7.95. The Labute approximate surface area is 142 Å². The van der Waals surface area contributed by atoms with Gasteiger partial charge in [0.2, 0.25) is 10.0 Å². The number of nitrogens with zero attached hydrogens (tertiary/aromatic N) is 1. The predicted molar refractivity (Wildman–Crippen MR) is 93.6 cm³/mol. The number of carbonyl (C=O) groups is 1. The molecule has 6 heteroatoms. The number of amides is 1. The molecule has 1 aliphatic rings. The van der Waals surface area contributed by atoms with Gasteiger partial charge in [-0.1, -0.05) is 12.1 Å². The first kappa shape index (κ1) is 16.7. The molecule has 0 aromatic heterocycles. The van der Waals surface area contributed by atoms with Crippen molar-refractivity contribution in [2.24, 2.45) is 0 Å². The molecule has 1 saturated heterocycles. The highest BCUT2D eigenvalue weighted by molar-refractivity contribution is 7.89. The molecule has 1 heterocycles. The van der Waals surface area contributed by atoms with Crippen LogP contribution in [-0.2, 0) is 10.0 Å². The number of rotatable bonds is 4. The van der Waals surface area contributed by atoms with E-state index < -0.39 is 10.0 Å². The van der Waals surface area contributed by atoms with Crippen LogP contribution in [0, 0.1) is 6.92 Å². The van der Waals surface area contributed by atoms with E-state index in [0.29, 0.717) is 24.3 Å². The molecule has 0 bridgehead atoms. The number of anilines is 1. The third kappa shape index (κ3) is 3.49. The third-order valence-electron chi connectivity index (χ3n) is 4.10. The number of hydrogen-bond acceptors (Lipinski definition) is 3. The first-order chi connectivity index (χ1) is 11.5. The molecule has 2 aromatic carbocycles. The lowest BCUT2D eigenvalue weighted by molar-refractivity contribution is 0.102. The summed E-state index contributed by atoms with van der Waals surface area (Å²) < 4.78 is 26.4. The third-order valence-corrected chi connectivity index (χ3v) is 6.01. The predicted octanol–water partition coefficient (Wildman–Crippen LogP) is 3.03. The van der Waals surface area contributed by atoms with Crippen LogP contribution in [0.25, 0.3) is 0 Å². The van der Waals surface area contributed by atoms with Crippen molar-refractivity contribution in [2.75, 3.05) is 18.4 Å². The Morgan fingerprint density at radius 2 is 1.71 bits per heavy atom. The van der Waals surface area contributed by atoms with Gasteiger partial charge in [-0.3, -0.25) is 4.79 Å². The lowest BCUT2D eigenvalue weighted by atomic mass is 10.2. The van der Waals surface area contributed by atoms with Crippen molar-refractivity contribution in [2.45, 2.75) is 24.7 Å². The quantitative estimate of drug-likeness (QED) is 0.927. The Morgan fingerprint density at radius 3 is 2.33 bits per heavy atom. The van der Waals surface area contributed by atoms with E-state index in [2.05, 4.69) is 5.32 Å². The molecule has 126 valence electrons. The van der Waals surface area contributed by atoms with Crippen LogP contribution in [0.4, 0.5) is 5.69 Å². The molecule has 1 amide bonds. The zero-order chi connectivity index (χ0) is 17.2. The summed E-state index contributed by atoms with van der Waals surface area (Å²) >= 11 is 0. The summed E-state index contributed by atoms with van der Waals surface area (Å²) in [5.74, 6) is -0.259. The Kier molecular flexibility index (Phi) is 4.69. The summed E-state index contributed by atoms with van der Waals surface area (Å²) in [5, 5.41) is 2.81. The average molecular weight is 344 g/mol. The second-order valence-corrected chi connectivity index (χ2v) is 7.90. The molecule has 1 N–H and O–H groups in total. The van der Waals surface area contributed by atoms with Gasteiger partial charge in [-0.2, -0.15) is 4.31 Å². The van der Waals surface area contributed by atoms with E-state index >= 15 is 0 Å². The molecular formula is C18H20N2O3S. The SMILES string of the molecule is Cc1cccc(NC(=O)c2ccc(S(=O)(=O)N3CCCC3)cc2)c1. The van der Waals surface area contributed by atoms with Gasteiger partial charge in [-0.15, -0.1) is 0 Å². The maximum absolute atomic E-state index is 12.5. The summed E-state index contributed by atoms with van der Waals surface area (Å²) in [5.41, 5.74) is 2.20. The van der Waals surface area contributed by atoms with Crippen LogP contribution in [0.1, 0.15) is 28.8 Å². The van der Waals surface area contributed by atoms with Gasteiger partial charge in [-0.05, 0) is 61.7 Å². The maximum Gasteiger partial charge on any atom is 0.255 e. The van der Waals surface area contributed by atoms with Gasteiger partial charge in [0.15, 0.2) is 0 Å². The van der Waals surface area contributed by atoms with Crippen LogP contribution in [-0.4, -0.2) is 31.7 Å². The minimum absolute atomic E-state index is 0.233. The van der Waals surface area contributed by atoms with Crippen LogP contribution in [0.3, 0.4) is 0 Å². The molecule has 3 rings (SSSR count). The Bertz CT molecular complexity index is 839. The molecule has 1 aliphatic heterocycles. The van der Waals surface area contributed by atoms with E-state index in [1.807, 2.05) is 31.2 Å². The van der Waals surface area contributed by atoms with Crippen LogP contribution in [0.2, 0.25) is 0 Å². The molecular weight excluding hydrogens is 324 g/mol. The Morgan fingerprint density at radius 1 is 1.04 bits per heavy atom. The minimum atomic E-state index is -3.44. The zero-order valence-corrected chi connectivity index (χ0v) is 14.3. The van der Waals surface area contributed by atoms with Gasteiger partial charge in [0.25, 0.3) is 5.91 Å². The zero-order valence-electron chi connectivity index (χ0n) is 13.5. The van der Waals surface area contributed by atoms with Crippen LogP contribution in [0.15, 0.2) is 53.4 Å². The number of nitrogens with one attached hydrogen (secondary N) is 1. The van der Waals surface area contributed by atoms with Crippen molar-refractivity contribution in [3.63, 3.8) is 0 Å². The fraction of sp³-hybridized carbons (Fsp3) is 0.278. The Balaban J connectivity index is 1.75. The van der Waals surface area contributed by atoms with Gasteiger partial charge in [0.05, 0.1) is 4.90 Å². The molecule has 0 atom stereocenters. The smallest absolute Gasteiger partial charge is 0.255 e. The van der Waals surface area contributed by atoms with E-state index in [4.69, 9.17) is 0 Å². The van der Waals surface area contributed by atoms with Crippen molar-refractivity contribution >= 4 is 21.6 Å². The highest BCUT2D eigenvalue weighted by Crippen LogP contribution is 2.21. The van der Waals surface area contributed by atoms with Crippen molar-refractivity contribution in [3.05, 3.63) is 59.7 Å². The van der Waals surface area contributed by atoms with E-state index in [9.17, 15) is 13.2 Å². The molecule has 0 radical (unpaired) electrons. The first-order valence-corrected chi connectivity index (χ1v) is 9.39. The largest absolute Gasteiger partial charge is 0.322 e.